The number of halogens is 2. The smallest absolute Gasteiger partial charge is 0.323 e. The van der Waals surface area contributed by atoms with Crippen LogP contribution in [0.5, 0.6) is 11.5 Å². The molecule has 0 saturated carbocycles. The summed E-state index contributed by atoms with van der Waals surface area (Å²) >= 11 is 6.65. The Bertz CT molecular complexity index is 1660. The normalized spacial score (nSPS) is 14.6. The van der Waals surface area contributed by atoms with Crippen molar-refractivity contribution in [1.82, 2.24) is 10.3 Å². The highest BCUT2D eigenvalue weighted by Crippen LogP contribution is 2.43. The van der Waals surface area contributed by atoms with Crippen LogP contribution in [0.1, 0.15) is 40.3 Å². The van der Waals surface area contributed by atoms with E-state index in [2.05, 4.69) is 10.3 Å². The number of carbonyl (C=O) groups is 1. The number of aliphatic carboxylic acids is 1. The number of hydrogen-bond acceptors (Lipinski definition) is 7. The summed E-state index contributed by atoms with van der Waals surface area (Å²) < 4.78 is 27.1. The summed E-state index contributed by atoms with van der Waals surface area (Å²) in [6.07, 6.45) is 4.07. The molecular weight excluding hydrogens is 561 g/mol. The number of aromatic nitrogens is 1. The molecule has 1 heterocycles. The van der Waals surface area contributed by atoms with Crippen molar-refractivity contribution in [3.8, 4) is 28.7 Å². The van der Waals surface area contributed by atoms with E-state index in [0.29, 0.717) is 51.6 Å². The Morgan fingerprint density at radius 3 is 2.71 bits per heavy atom. The van der Waals surface area contributed by atoms with Crippen molar-refractivity contribution in [2.45, 2.75) is 38.1 Å². The van der Waals surface area contributed by atoms with Crippen LogP contribution in [0.25, 0.3) is 11.1 Å². The number of fused-ring (bicyclic) bond motifs is 1. The van der Waals surface area contributed by atoms with Crippen molar-refractivity contribution in [3.05, 3.63) is 112 Å². The molecule has 1 aliphatic carbocycles. The number of carboxylic acid groups (broad SMARTS) is 1. The Labute approximate surface area is 246 Å². The van der Waals surface area contributed by atoms with Crippen LogP contribution in [0.3, 0.4) is 0 Å². The van der Waals surface area contributed by atoms with Gasteiger partial charge in [0, 0.05) is 41.7 Å². The van der Waals surface area contributed by atoms with Gasteiger partial charge < -0.3 is 19.7 Å². The molecule has 2 atom stereocenters. The summed E-state index contributed by atoms with van der Waals surface area (Å²) in [7, 11) is 0. The maximum atomic E-state index is 14.6. The summed E-state index contributed by atoms with van der Waals surface area (Å²) in [5.41, 5.74) is 4.94. The Balaban J connectivity index is 1.43. The fourth-order valence-corrected chi connectivity index (χ4v) is 5.25. The molecular formula is C32H27ClFN3O5. The lowest BCUT2D eigenvalue weighted by molar-refractivity contribution is -0.140. The lowest BCUT2D eigenvalue weighted by atomic mass is 9.96. The molecule has 3 N–H and O–H groups in total. The highest BCUT2D eigenvalue weighted by molar-refractivity contribution is 6.32. The van der Waals surface area contributed by atoms with E-state index in [1.54, 1.807) is 36.5 Å². The summed E-state index contributed by atoms with van der Waals surface area (Å²) in [4.78, 5) is 15.5. The largest absolute Gasteiger partial charge is 0.488 e. The van der Waals surface area contributed by atoms with Gasteiger partial charge in [-0.05, 0) is 47.7 Å². The predicted octanol–water partition coefficient (Wildman–Crippen LogP) is 5.59. The van der Waals surface area contributed by atoms with Gasteiger partial charge in [-0.1, -0.05) is 48.0 Å². The first kappa shape index (κ1) is 29.0. The average Bonchev–Trinajstić information content (AvgIpc) is 3.41. The molecule has 4 aromatic rings. The third kappa shape index (κ3) is 6.37. The lowest BCUT2D eigenvalue weighted by Gasteiger charge is -2.20. The number of aliphatic hydroxyl groups excluding tert-OH is 1. The Hall–Kier alpha value is -4.49. The zero-order valence-electron chi connectivity index (χ0n) is 22.4. The SMILES string of the molecule is N#Cc1cncc(COc2cc(O[C@H]3CCc4c(-c5ccccc5F)cccc43)c(Cl)cc2CN[C@H](CO)C(=O)O)c1. The molecule has 0 spiro atoms. The fraction of sp³-hybridized carbons (Fsp3) is 0.219. The van der Waals surface area contributed by atoms with Crippen LogP contribution in [0, 0.1) is 17.1 Å². The van der Waals surface area contributed by atoms with Crippen molar-refractivity contribution in [2.24, 2.45) is 0 Å². The van der Waals surface area contributed by atoms with E-state index in [1.165, 1.54) is 12.3 Å². The molecule has 1 aliphatic rings. The second kappa shape index (κ2) is 13.0. The van der Waals surface area contributed by atoms with Crippen LogP contribution in [-0.2, 0) is 24.4 Å². The first-order valence-corrected chi connectivity index (χ1v) is 13.7. The van der Waals surface area contributed by atoms with Crippen LogP contribution >= 0.6 is 11.6 Å². The topological polar surface area (TPSA) is 125 Å². The molecule has 214 valence electrons. The third-order valence-electron chi connectivity index (χ3n) is 7.10. The number of nitriles is 1. The van der Waals surface area contributed by atoms with Gasteiger partial charge in [-0.25, -0.2) is 4.39 Å². The Kier molecular flexibility index (Phi) is 8.98. The van der Waals surface area contributed by atoms with Gasteiger partial charge in [0.1, 0.15) is 42.1 Å². The number of pyridine rings is 1. The van der Waals surface area contributed by atoms with Crippen LogP contribution < -0.4 is 14.8 Å². The van der Waals surface area contributed by atoms with Crippen molar-refractivity contribution >= 4 is 17.6 Å². The molecule has 0 aliphatic heterocycles. The molecule has 10 heteroatoms. The second-order valence-electron chi connectivity index (χ2n) is 9.83. The maximum Gasteiger partial charge on any atom is 0.323 e. The van der Waals surface area contributed by atoms with Gasteiger partial charge in [-0.15, -0.1) is 0 Å². The van der Waals surface area contributed by atoms with Gasteiger partial charge in [-0.3, -0.25) is 15.1 Å². The quantitative estimate of drug-likeness (QED) is 0.207. The third-order valence-corrected chi connectivity index (χ3v) is 7.40. The molecule has 0 unspecified atom stereocenters. The predicted molar refractivity (Wildman–Crippen MR) is 154 cm³/mol. The molecule has 0 fully saturated rings. The molecule has 5 rings (SSSR count). The molecule has 1 aromatic heterocycles. The van der Waals surface area contributed by atoms with E-state index in [-0.39, 0.29) is 25.1 Å². The zero-order chi connectivity index (χ0) is 29.6. The van der Waals surface area contributed by atoms with Gasteiger partial charge in [0.2, 0.25) is 0 Å². The number of aliphatic hydroxyl groups is 1. The van der Waals surface area contributed by atoms with Gasteiger partial charge in [-0.2, -0.15) is 5.26 Å². The monoisotopic (exact) mass is 587 g/mol. The number of ether oxygens (including phenoxy) is 2. The molecule has 3 aromatic carbocycles. The standard InChI is InChI=1S/C32H27ClFN3O5/c33-26-11-21(16-37-28(17-38)32(39)40)30(41-18-20-10-19(13-35)14-36-15-20)12-31(26)42-29-9-8-23-22(5-3-6-25(23)29)24-4-1-2-7-27(24)34/h1-7,10-12,14-15,28-29,37-38H,8-9,16-18H2,(H,39,40)/t28-,29+/m1/s1. The maximum absolute atomic E-state index is 14.6. The molecule has 8 nitrogen and oxygen atoms in total. The van der Waals surface area contributed by atoms with Crippen molar-refractivity contribution in [2.75, 3.05) is 6.61 Å². The van der Waals surface area contributed by atoms with E-state index < -0.39 is 18.6 Å². The number of rotatable bonds is 11. The number of carboxylic acids is 1. The zero-order valence-corrected chi connectivity index (χ0v) is 23.1. The number of nitrogens with zero attached hydrogens (tertiary/aromatic N) is 2. The van der Waals surface area contributed by atoms with Gasteiger partial charge in [0.15, 0.2) is 0 Å². The summed E-state index contributed by atoms with van der Waals surface area (Å²) in [6, 6.07) is 18.3. The van der Waals surface area contributed by atoms with Crippen LogP contribution in [0.15, 0.2) is 73.1 Å². The number of hydrogen-bond donors (Lipinski definition) is 3. The first-order valence-electron chi connectivity index (χ1n) is 13.3. The highest BCUT2D eigenvalue weighted by Gasteiger charge is 2.28. The van der Waals surface area contributed by atoms with Gasteiger partial charge in [0.05, 0.1) is 17.2 Å². The summed E-state index contributed by atoms with van der Waals surface area (Å²) in [5.74, 6) is -0.735. The fourth-order valence-electron chi connectivity index (χ4n) is 5.01. The Morgan fingerprint density at radius 1 is 1.14 bits per heavy atom. The highest BCUT2D eigenvalue weighted by atomic mass is 35.5. The Morgan fingerprint density at radius 2 is 1.95 bits per heavy atom. The van der Waals surface area contributed by atoms with Crippen LogP contribution in [0.2, 0.25) is 5.02 Å². The van der Waals surface area contributed by atoms with Crippen molar-refractivity contribution in [1.29, 1.82) is 5.26 Å². The first-order chi connectivity index (χ1) is 20.4. The van der Waals surface area contributed by atoms with E-state index in [9.17, 15) is 24.7 Å². The number of benzene rings is 3. The van der Waals surface area contributed by atoms with Crippen molar-refractivity contribution in [3.63, 3.8) is 0 Å². The lowest BCUT2D eigenvalue weighted by Crippen LogP contribution is -2.39. The molecule has 0 saturated heterocycles. The molecule has 0 bridgehead atoms. The molecule has 0 amide bonds. The minimum absolute atomic E-state index is 0.0433. The van der Waals surface area contributed by atoms with E-state index in [0.717, 1.165) is 16.7 Å². The molecule has 0 radical (unpaired) electrons. The number of nitrogens with one attached hydrogen (secondary N) is 1. The van der Waals surface area contributed by atoms with Crippen LogP contribution in [0.4, 0.5) is 4.39 Å². The average molecular weight is 588 g/mol. The van der Waals surface area contributed by atoms with Crippen molar-refractivity contribution < 1.29 is 28.9 Å². The van der Waals surface area contributed by atoms with E-state index in [1.807, 2.05) is 30.3 Å². The van der Waals surface area contributed by atoms with Gasteiger partial charge >= 0.3 is 5.97 Å². The van der Waals surface area contributed by atoms with E-state index >= 15 is 0 Å². The van der Waals surface area contributed by atoms with Crippen LogP contribution in [-0.4, -0.2) is 33.8 Å². The summed E-state index contributed by atoms with van der Waals surface area (Å²) in [6.45, 7) is -0.470. The minimum Gasteiger partial charge on any atom is -0.488 e. The second-order valence-corrected chi connectivity index (χ2v) is 10.2. The molecule has 42 heavy (non-hydrogen) atoms. The summed E-state index contributed by atoms with van der Waals surface area (Å²) in [5, 5.41) is 31.0. The minimum atomic E-state index is -1.19. The van der Waals surface area contributed by atoms with E-state index in [4.69, 9.17) is 21.1 Å². The van der Waals surface area contributed by atoms with Gasteiger partial charge in [0.25, 0.3) is 0 Å².